The van der Waals surface area contributed by atoms with Crippen molar-refractivity contribution in [2.45, 2.75) is 12.8 Å². The first kappa shape index (κ1) is 10.4. The molecule has 76 valence electrons. The number of aliphatic carboxylic acids is 1. The van der Waals surface area contributed by atoms with Gasteiger partial charge < -0.3 is 10.2 Å². The van der Waals surface area contributed by atoms with Gasteiger partial charge in [0.1, 0.15) is 5.82 Å². The van der Waals surface area contributed by atoms with Gasteiger partial charge >= 0.3 is 5.97 Å². The highest BCUT2D eigenvalue weighted by Gasteiger charge is 2.10. The number of halogens is 2. The maximum absolute atomic E-state index is 13.0. The fraction of sp³-hybridized carbons (Fsp3) is 0.222. The van der Waals surface area contributed by atoms with Gasteiger partial charge in [-0.3, -0.25) is 4.79 Å². The van der Waals surface area contributed by atoms with E-state index in [1.165, 1.54) is 0 Å². The molecule has 0 aliphatic rings. The summed E-state index contributed by atoms with van der Waals surface area (Å²) in [5.74, 6) is -3.61. The average molecular weight is 202 g/mol. The number of aromatic hydroxyl groups is 1. The molecule has 0 fully saturated rings. The molecule has 0 amide bonds. The molecular formula is C9H8F2O3. The van der Waals surface area contributed by atoms with Gasteiger partial charge in [0.15, 0.2) is 11.6 Å². The lowest BCUT2D eigenvalue weighted by Gasteiger charge is -2.02. The van der Waals surface area contributed by atoms with Gasteiger partial charge in [-0.25, -0.2) is 8.78 Å². The lowest BCUT2D eigenvalue weighted by Crippen LogP contribution is -2.00. The van der Waals surface area contributed by atoms with Crippen LogP contribution in [0, 0.1) is 11.6 Å². The minimum Gasteiger partial charge on any atom is -0.505 e. The molecule has 1 rings (SSSR count). The zero-order valence-corrected chi connectivity index (χ0v) is 7.13. The SMILES string of the molecule is O=C(O)CCc1cc(F)c(O)cc1F. The van der Waals surface area contributed by atoms with Gasteiger partial charge in [0, 0.05) is 12.5 Å². The third kappa shape index (κ3) is 2.42. The fourth-order valence-corrected chi connectivity index (χ4v) is 1.01. The van der Waals surface area contributed by atoms with Crippen molar-refractivity contribution in [2.75, 3.05) is 0 Å². The van der Waals surface area contributed by atoms with E-state index in [2.05, 4.69) is 0 Å². The molecule has 3 nitrogen and oxygen atoms in total. The zero-order chi connectivity index (χ0) is 10.7. The van der Waals surface area contributed by atoms with Gasteiger partial charge in [0.05, 0.1) is 0 Å². The van der Waals surface area contributed by atoms with Gasteiger partial charge in [0.25, 0.3) is 0 Å². The van der Waals surface area contributed by atoms with Crippen LogP contribution in [-0.2, 0) is 11.2 Å². The molecule has 0 unspecified atom stereocenters. The van der Waals surface area contributed by atoms with Crippen LogP contribution in [0.4, 0.5) is 8.78 Å². The van der Waals surface area contributed by atoms with Crippen molar-refractivity contribution in [1.82, 2.24) is 0 Å². The first-order valence-electron chi connectivity index (χ1n) is 3.89. The van der Waals surface area contributed by atoms with Crippen molar-refractivity contribution in [3.05, 3.63) is 29.3 Å². The van der Waals surface area contributed by atoms with Crippen LogP contribution in [0.1, 0.15) is 12.0 Å². The minimum absolute atomic E-state index is 0.0531. The highest BCUT2D eigenvalue weighted by Crippen LogP contribution is 2.20. The standard InChI is InChI=1S/C9H8F2O3/c10-6-4-8(12)7(11)3-5(6)1-2-9(13)14/h3-4,12H,1-2H2,(H,13,14). The van der Waals surface area contributed by atoms with Gasteiger partial charge in [0.2, 0.25) is 0 Å². The Morgan fingerprint density at radius 2 is 1.93 bits per heavy atom. The van der Waals surface area contributed by atoms with E-state index in [1.54, 1.807) is 0 Å². The van der Waals surface area contributed by atoms with Crippen molar-refractivity contribution in [2.24, 2.45) is 0 Å². The molecule has 0 saturated carbocycles. The van der Waals surface area contributed by atoms with E-state index in [1.807, 2.05) is 0 Å². The van der Waals surface area contributed by atoms with Crippen LogP contribution in [-0.4, -0.2) is 16.2 Å². The van der Waals surface area contributed by atoms with E-state index >= 15 is 0 Å². The number of phenolic OH excluding ortho intramolecular Hbond substituents is 1. The van der Waals surface area contributed by atoms with Crippen molar-refractivity contribution in [1.29, 1.82) is 0 Å². The monoisotopic (exact) mass is 202 g/mol. The van der Waals surface area contributed by atoms with Crippen molar-refractivity contribution < 1.29 is 23.8 Å². The number of carboxylic acids is 1. The molecule has 1 aromatic rings. The summed E-state index contributed by atoms with van der Waals surface area (Å²) < 4.78 is 25.7. The Morgan fingerprint density at radius 1 is 1.29 bits per heavy atom. The largest absolute Gasteiger partial charge is 0.505 e. The van der Waals surface area contributed by atoms with Crippen molar-refractivity contribution >= 4 is 5.97 Å². The van der Waals surface area contributed by atoms with Crippen LogP contribution < -0.4 is 0 Å². The second-order valence-electron chi connectivity index (χ2n) is 2.79. The predicted octanol–water partition coefficient (Wildman–Crippen LogP) is 1.69. The van der Waals surface area contributed by atoms with E-state index < -0.39 is 23.4 Å². The maximum atomic E-state index is 13.0. The Bertz CT molecular complexity index is 363. The van der Waals surface area contributed by atoms with E-state index in [0.29, 0.717) is 6.07 Å². The molecule has 0 aliphatic heterocycles. The molecule has 0 aliphatic carbocycles. The number of hydrogen-bond donors (Lipinski definition) is 2. The molecule has 0 atom stereocenters. The first-order chi connectivity index (χ1) is 6.50. The lowest BCUT2D eigenvalue weighted by molar-refractivity contribution is -0.136. The van der Waals surface area contributed by atoms with Crippen LogP contribution in [0.3, 0.4) is 0 Å². The molecule has 5 heteroatoms. The summed E-state index contributed by atoms with van der Waals surface area (Å²) in [4.78, 5) is 10.2. The predicted molar refractivity (Wildman–Crippen MR) is 44.0 cm³/mol. The van der Waals surface area contributed by atoms with Crippen molar-refractivity contribution in [3.63, 3.8) is 0 Å². The summed E-state index contributed by atoms with van der Waals surface area (Å²) in [6.45, 7) is 0. The molecular weight excluding hydrogens is 194 g/mol. The van der Waals surface area contributed by atoms with Gasteiger partial charge in [-0.05, 0) is 18.1 Å². The van der Waals surface area contributed by atoms with E-state index in [4.69, 9.17) is 10.2 Å². The summed E-state index contributed by atoms with van der Waals surface area (Å²) in [6.07, 6.45) is -0.375. The molecule has 0 spiro atoms. The molecule has 0 heterocycles. The molecule has 0 radical (unpaired) electrons. The summed E-state index contributed by atoms with van der Waals surface area (Å²) in [7, 11) is 0. The summed E-state index contributed by atoms with van der Waals surface area (Å²) in [5, 5.41) is 17.1. The third-order valence-corrected chi connectivity index (χ3v) is 1.72. The Kier molecular flexibility index (Phi) is 3.01. The molecule has 2 N–H and O–H groups in total. The molecule has 0 saturated heterocycles. The highest BCUT2D eigenvalue weighted by molar-refractivity contribution is 5.67. The maximum Gasteiger partial charge on any atom is 0.303 e. The Morgan fingerprint density at radius 3 is 2.50 bits per heavy atom. The quantitative estimate of drug-likeness (QED) is 0.784. The van der Waals surface area contributed by atoms with E-state index in [-0.39, 0.29) is 18.4 Å². The Hall–Kier alpha value is -1.65. The van der Waals surface area contributed by atoms with E-state index in [9.17, 15) is 13.6 Å². The average Bonchev–Trinajstić information content (AvgIpc) is 2.09. The minimum atomic E-state index is -1.09. The second kappa shape index (κ2) is 4.04. The Balaban J connectivity index is 2.87. The van der Waals surface area contributed by atoms with Crippen LogP contribution in [0.5, 0.6) is 5.75 Å². The fourth-order valence-electron chi connectivity index (χ4n) is 1.01. The topological polar surface area (TPSA) is 57.5 Å². The number of carbonyl (C=O) groups is 1. The first-order valence-corrected chi connectivity index (χ1v) is 3.89. The molecule has 14 heavy (non-hydrogen) atoms. The normalized spacial score (nSPS) is 10.1. The second-order valence-corrected chi connectivity index (χ2v) is 2.79. The highest BCUT2D eigenvalue weighted by atomic mass is 19.1. The number of hydrogen-bond acceptors (Lipinski definition) is 2. The zero-order valence-electron chi connectivity index (χ0n) is 7.13. The van der Waals surface area contributed by atoms with Gasteiger partial charge in [-0.15, -0.1) is 0 Å². The van der Waals surface area contributed by atoms with Crippen LogP contribution >= 0.6 is 0 Å². The van der Waals surface area contributed by atoms with Gasteiger partial charge in [-0.2, -0.15) is 0 Å². The molecule has 0 bridgehead atoms. The molecule has 1 aromatic carbocycles. The summed E-state index contributed by atoms with van der Waals surface area (Å²) in [6, 6.07) is 1.43. The smallest absolute Gasteiger partial charge is 0.303 e. The Labute approximate surface area is 78.6 Å². The number of phenols is 1. The summed E-state index contributed by atoms with van der Waals surface area (Å²) in [5.41, 5.74) is -0.0531. The summed E-state index contributed by atoms with van der Waals surface area (Å²) >= 11 is 0. The number of aryl methyl sites for hydroxylation is 1. The van der Waals surface area contributed by atoms with Crippen LogP contribution in [0.25, 0.3) is 0 Å². The third-order valence-electron chi connectivity index (χ3n) is 1.72. The van der Waals surface area contributed by atoms with Crippen LogP contribution in [0.15, 0.2) is 12.1 Å². The van der Waals surface area contributed by atoms with Crippen LogP contribution in [0.2, 0.25) is 0 Å². The van der Waals surface area contributed by atoms with Crippen molar-refractivity contribution in [3.8, 4) is 5.75 Å². The van der Waals surface area contributed by atoms with Gasteiger partial charge in [-0.1, -0.05) is 0 Å². The lowest BCUT2D eigenvalue weighted by atomic mass is 10.1. The number of benzene rings is 1. The number of rotatable bonds is 3. The van der Waals surface area contributed by atoms with E-state index in [0.717, 1.165) is 6.07 Å². The number of carboxylic acid groups (broad SMARTS) is 1. The molecule has 0 aromatic heterocycles.